The molecule has 0 N–H and O–H groups in total. The van der Waals surface area contributed by atoms with Gasteiger partial charge in [-0.2, -0.15) is 0 Å². The minimum Gasteiger partial charge on any atom is -0.496 e. The van der Waals surface area contributed by atoms with Crippen LogP contribution in [0.2, 0.25) is 0 Å². The summed E-state index contributed by atoms with van der Waals surface area (Å²) in [6.07, 6.45) is 0. The topological polar surface area (TPSA) is 69.4 Å². The highest BCUT2D eigenvalue weighted by Crippen LogP contribution is 2.32. The maximum atomic E-state index is 11.4. The number of nitrogens with zero attached hydrogens (tertiary/aromatic N) is 1. The lowest BCUT2D eigenvalue weighted by Gasteiger charge is -2.07. The predicted octanol–water partition coefficient (Wildman–Crippen LogP) is 2.79. The van der Waals surface area contributed by atoms with Gasteiger partial charge in [0.1, 0.15) is 5.75 Å². The number of rotatable bonds is 4. The van der Waals surface area contributed by atoms with Crippen molar-refractivity contribution in [1.82, 2.24) is 0 Å². The molecular formula is C9H7BrClNO4. The first-order valence-corrected chi connectivity index (χ1v) is 5.45. The number of Topliss-reactive ketones (excluding diaryl/α,β-unsaturated/α-hetero) is 1. The second-order valence-electron chi connectivity index (χ2n) is 2.82. The zero-order chi connectivity index (χ0) is 12.3. The summed E-state index contributed by atoms with van der Waals surface area (Å²) < 4.78 is 5.12. The zero-order valence-electron chi connectivity index (χ0n) is 8.20. The van der Waals surface area contributed by atoms with Crippen LogP contribution in [0.3, 0.4) is 0 Å². The van der Waals surface area contributed by atoms with E-state index in [1.807, 2.05) is 0 Å². The molecule has 0 aliphatic heterocycles. The first-order valence-electron chi connectivity index (χ1n) is 4.12. The van der Waals surface area contributed by atoms with E-state index < -0.39 is 4.92 Å². The number of hydrogen-bond acceptors (Lipinski definition) is 4. The Morgan fingerprint density at radius 3 is 2.69 bits per heavy atom. The molecule has 0 aromatic heterocycles. The third-order valence-corrected chi connectivity index (χ3v) is 2.77. The van der Waals surface area contributed by atoms with E-state index in [1.54, 1.807) is 0 Å². The van der Waals surface area contributed by atoms with E-state index in [-0.39, 0.29) is 33.1 Å². The Labute approximate surface area is 105 Å². The van der Waals surface area contributed by atoms with Gasteiger partial charge in [0, 0.05) is 0 Å². The van der Waals surface area contributed by atoms with E-state index in [2.05, 4.69) is 15.9 Å². The van der Waals surface area contributed by atoms with Crippen molar-refractivity contribution >= 4 is 39.0 Å². The SMILES string of the molecule is COc1cc([N+](=O)[O-])c(Br)cc1C(=O)CCl. The molecule has 0 radical (unpaired) electrons. The normalized spacial score (nSPS) is 9.94. The molecule has 0 atom stereocenters. The number of nitro benzene ring substituents is 1. The van der Waals surface area contributed by atoms with Crippen LogP contribution in [0.5, 0.6) is 5.75 Å². The van der Waals surface area contributed by atoms with Crippen molar-refractivity contribution in [2.45, 2.75) is 0 Å². The summed E-state index contributed by atoms with van der Waals surface area (Å²) in [5.74, 6) is -0.421. The van der Waals surface area contributed by atoms with Gasteiger partial charge in [-0.1, -0.05) is 0 Å². The van der Waals surface area contributed by atoms with E-state index in [1.165, 1.54) is 19.2 Å². The van der Waals surface area contributed by atoms with Crippen LogP contribution in [-0.4, -0.2) is 23.7 Å². The number of benzene rings is 1. The minimum absolute atomic E-state index is 0.139. The molecular weight excluding hydrogens is 301 g/mol. The van der Waals surface area contributed by atoms with Crippen LogP contribution in [0.1, 0.15) is 10.4 Å². The summed E-state index contributed by atoms with van der Waals surface area (Å²) in [7, 11) is 1.33. The van der Waals surface area contributed by atoms with E-state index >= 15 is 0 Å². The van der Waals surface area contributed by atoms with Gasteiger partial charge >= 0.3 is 0 Å². The Morgan fingerprint density at radius 1 is 1.62 bits per heavy atom. The third-order valence-electron chi connectivity index (χ3n) is 1.89. The number of alkyl halides is 1. The second-order valence-corrected chi connectivity index (χ2v) is 3.94. The molecule has 0 amide bonds. The summed E-state index contributed by atoms with van der Waals surface area (Å²) in [5.41, 5.74) is 0.0537. The van der Waals surface area contributed by atoms with Crippen molar-refractivity contribution in [2.75, 3.05) is 13.0 Å². The van der Waals surface area contributed by atoms with E-state index in [0.29, 0.717) is 0 Å². The van der Waals surface area contributed by atoms with Gasteiger partial charge in [-0.25, -0.2) is 0 Å². The van der Waals surface area contributed by atoms with Gasteiger partial charge in [0.25, 0.3) is 5.69 Å². The van der Waals surface area contributed by atoms with E-state index in [0.717, 1.165) is 0 Å². The minimum atomic E-state index is -0.568. The van der Waals surface area contributed by atoms with Gasteiger partial charge in [0.2, 0.25) is 0 Å². The Morgan fingerprint density at radius 2 is 2.25 bits per heavy atom. The maximum Gasteiger partial charge on any atom is 0.287 e. The summed E-state index contributed by atoms with van der Waals surface area (Å²) in [6.45, 7) is 0. The van der Waals surface area contributed by atoms with Gasteiger partial charge < -0.3 is 4.74 Å². The number of carbonyl (C=O) groups excluding carboxylic acids is 1. The molecule has 0 heterocycles. The van der Waals surface area contributed by atoms with Crippen LogP contribution in [0.15, 0.2) is 16.6 Å². The molecule has 86 valence electrons. The average Bonchev–Trinajstić information content (AvgIpc) is 2.27. The molecule has 0 bridgehead atoms. The van der Waals surface area contributed by atoms with Crippen molar-refractivity contribution in [2.24, 2.45) is 0 Å². The molecule has 0 aliphatic carbocycles. The molecule has 1 aromatic carbocycles. The zero-order valence-corrected chi connectivity index (χ0v) is 10.5. The van der Waals surface area contributed by atoms with Gasteiger partial charge in [-0.05, 0) is 22.0 Å². The number of ether oxygens (including phenoxy) is 1. The maximum absolute atomic E-state index is 11.4. The highest BCUT2D eigenvalue weighted by atomic mass is 79.9. The van der Waals surface area contributed by atoms with Crippen molar-refractivity contribution in [3.05, 3.63) is 32.3 Å². The number of carbonyl (C=O) groups is 1. The molecule has 7 heteroatoms. The highest BCUT2D eigenvalue weighted by Gasteiger charge is 2.20. The number of ketones is 1. The molecule has 1 aromatic rings. The summed E-state index contributed by atoms with van der Waals surface area (Å²) in [6, 6.07) is 2.52. The molecule has 0 spiro atoms. The number of methoxy groups -OCH3 is 1. The Bertz CT molecular complexity index is 449. The smallest absolute Gasteiger partial charge is 0.287 e. The number of nitro groups is 1. The summed E-state index contributed by atoms with van der Waals surface area (Å²) >= 11 is 8.43. The number of halogens is 2. The standard InChI is InChI=1S/C9H7BrClNO4/c1-16-9-3-7(12(14)15)6(10)2-5(9)8(13)4-11/h2-3H,4H2,1H3. The van der Waals surface area contributed by atoms with Gasteiger partial charge in [0.15, 0.2) is 5.78 Å². The third kappa shape index (κ3) is 2.51. The molecule has 5 nitrogen and oxygen atoms in total. The first-order chi connectivity index (χ1) is 7.51. The number of hydrogen-bond donors (Lipinski definition) is 0. The van der Waals surface area contributed by atoms with Gasteiger partial charge in [-0.15, -0.1) is 11.6 Å². The molecule has 16 heavy (non-hydrogen) atoms. The van der Waals surface area contributed by atoms with Crippen LogP contribution in [-0.2, 0) is 0 Å². The van der Waals surface area contributed by atoms with Gasteiger partial charge in [0.05, 0.1) is 34.0 Å². The van der Waals surface area contributed by atoms with Crippen molar-refractivity contribution in [3.63, 3.8) is 0 Å². The van der Waals surface area contributed by atoms with Crippen LogP contribution in [0.4, 0.5) is 5.69 Å². The molecule has 0 aliphatic rings. The lowest BCUT2D eigenvalue weighted by atomic mass is 10.1. The van der Waals surface area contributed by atoms with Gasteiger partial charge in [-0.3, -0.25) is 14.9 Å². The second kappa shape index (κ2) is 5.27. The first kappa shape index (κ1) is 12.9. The van der Waals surface area contributed by atoms with Crippen molar-refractivity contribution in [3.8, 4) is 5.75 Å². The summed E-state index contributed by atoms with van der Waals surface area (Å²) in [4.78, 5) is 21.5. The lowest BCUT2D eigenvalue weighted by molar-refractivity contribution is -0.385. The molecule has 0 saturated heterocycles. The van der Waals surface area contributed by atoms with Crippen LogP contribution < -0.4 is 4.74 Å². The average molecular weight is 309 g/mol. The molecule has 1 rings (SSSR count). The van der Waals surface area contributed by atoms with Crippen molar-refractivity contribution < 1.29 is 14.5 Å². The lowest BCUT2D eigenvalue weighted by Crippen LogP contribution is -2.04. The monoisotopic (exact) mass is 307 g/mol. The largest absolute Gasteiger partial charge is 0.496 e. The molecule has 0 unspecified atom stereocenters. The van der Waals surface area contributed by atoms with Crippen molar-refractivity contribution in [1.29, 1.82) is 0 Å². The fourth-order valence-corrected chi connectivity index (χ4v) is 1.77. The highest BCUT2D eigenvalue weighted by molar-refractivity contribution is 9.10. The quantitative estimate of drug-likeness (QED) is 0.371. The van der Waals surface area contributed by atoms with E-state index in [4.69, 9.17) is 16.3 Å². The Balaban J connectivity index is 3.37. The predicted molar refractivity (Wildman–Crippen MR) is 62.4 cm³/mol. The van der Waals surface area contributed by atoms with Crippen LogP contribution in [0.25, 0.3) is 0 Å². The fourth-order valence-electron chi connectivity index (χ4n) is 1.14. The molecule has 0 fully saturated rings. The Kier molecular flexibility index (Phi) is 4.26. The molecule has 0 saturated carbocycles. The summed E-state index contributed by atoms with van der Waals surface area (Å²) in [5, 5.41) is 10.6. The Hall–Kier alpha value is -1.14. The van der Waals surface area contributed by atoms with E-state index in [9.17, 15) is 14.9 Å². The fraction of sp³-hybridized carbons (Fsp3) is 0.222. The van der Waals surface area contributed by atoms with Crippen LogP contribution >= 0.6 is 27.5 Å². The van der Waals surface area contributed by atoms with Crippen LogP contribution in [0, 0.1) is 10.1 Å².